The van der Waals surface area contributed by atoms with Gasteiger partial charge in [-0.15, -0.1) is 0 Å². The summed E-state index contributed by atoms with van der Waals surface area (Å²) in [4.78, 5) is 9.51. The molecule has 0 aliphatic rings. The number of hydrogen-bond donors (Lipinski definition) is 2. The van der Waals surface area contributed by atoms with E-state index in [0.29, 0.717) is 0 Å². The van der Waals surface area contributed by atoms with Crippen molar-refractivity contribution in [2.24, 2.45) is 0 Å². The fourth-order valence-electron chi connectivity index (χ4n) is 0.873. The third kappa shape index (κ3) is 8.69. The van der Waals surface area contributed by atoms with Crippen LogP contribution in [0.1, 0.15) is 41.5 Å². The predicted octanol–water partition coefficient (Wildman–Crippen LogP) is 3.45. The van der Waals surface area contributed by atoms with Gasteiger partial charge in [0.15, 0.2) is 0 Å². The topological polar surface area (TPSA) is 94.5 Å². The summed E-state index contributed by atoms with van der Waals surface area (Å²) >= 11 is 4.77. The Labute approximate surface area is 112 Å². The molecule has 0 rings (SSSR count). The molecular formula is C8H20O7P2S. The Hall–Kier alpha value is 0.640. The second kappa shape index (κ2) is 5.95. The van der Waals surface area contributed by atoms with Crippen LogP contribution in [0.5, 0.6) is 0 Å². The predicted molar refractivity (Wildman–Crippen MR) is 70.6 cm³/mol. The van der Waals surface area contributed by atoms with E-state index in [-0.39, 0.29) is 0 Å². The van der Waals surface area contributed by atoms with Crippen LogP contribution in [0.4, 0.5) is 0 Å². The summed E-state index contributed by atoms with van der Waals surface area (Å²) in [6, 6.07) is 0. The van der Waals surface area contributed by atoms with Crippen molar-refractivity contribution in [2.45, 2.75) is 52.7 Å². The van der Waals surface area contributed by atoms with Gasteiger partial charge in [0.05, 0.1) is 11.2 Å². The number of phosphoric acid groups is 1. The minimum atomic E-state index is -4.50. The molecule has 0 heterocycles. The quantitative estimate of drug-likeness (QED) is 0.451. The van der Waals surface area contributed by atoms with Gasteiger partial charge in [-0.25, -0.2) is 14.1 Å². The van der Waals surface area contributed by atoms with Gasteiger partial charge in [0, 0.05) is 0 Å². The van der Waals surface area contributed by atoms with Gasteiger partial charge in [-0.3, -0.25) is 4.52 Å². The Kier molecular flexibility index (Phi) is 6.17. The van der Waals surface area contributed by atoms with E-state index in [1.807, 2.05) is 0 Å². The van der Waals surface area contributed by atoms with Crippen LogP contribution in [0, 0.1) is 0 Å². The molecule has 2 N–H and O–H groups in total. The van der Waals surface area contributed by atoms with Gasteiger partial charge >= 0.3 is 14.5 Å². The molecule has 0 fully saturated rings. The van der Waals surface area contributed by atoms with Gasteiger partial charge in [0.25, 0.3) is 0 Å². The van der Waals surface area contributed by atoms with E-state index in [2.05, 4.69) is 8.99 Å². The van der Waals surface area contributed by atoms with Gasteiger partial charge in [-0.1, -0.05) is 0 Å². The van der Waals surface area contributed by atoms with E-state index in [9.17, 15) is 9.46 Å². The van der Waals surface area contributed by atoms with E-state index in [1.165, 1.54) is 0 Å². The second-order valence-corrected chi connectivity index (χ2v) is 9.84. The average molecular weight is 322 g/mol. The first-order valence-electron chi connectivity index (χ1n) is 5.07. The molecular weight excluding hydrogens is 302 g/mol. The van der Waals surface area contributed by atoms with E-state index >= 15 is 0 Å². The van der Waals surface area contributed by atoms with Gasteiger partial charge in [-0.05, 0) is 53.3 Å². The van der Waals surface area contributed by atoms with Crippen molar-refractivity contribution >= 4 is 26.3 Å². The molecule has 2 unspecified atom stereocenters. The average Bonchev–Trinajstić information content (AvgIpc) is 1.93. The van der Waals surface area contributed by atoms with Crippen LogP contribution >= 0.6 is 14.5 Å². The third-order valence-corrected chi connectivity index (χ3v) is 5.48. The van der Waals surface area contributed by atoms with Crippen molar-refractivity contribution < 1.29 is 32.7 Å². The Bertz CT molecular complexity index is 371. The molecule has 0 aromatic carbocycles. The molecule has 110 valence electrons. The minimum absolute atomic E-state index is 0.819. The fourth-order valence-corrected chi connectivity index (χ4v) is 5.10. The summed E-state index contributed by atoms with van der Waals surface area (Å²) < 4.78 is 30.2. The summed E-state index contributed by atoms with van der Waals surface area (Å²) in [7, 11) is -4.50. The van der Waals surface area contributed by atoms with Crippen LogP contribution in [0.25, 0.3) is 0 Å². The summed E-state index contributed by atoms with van der Waals surface area (Å²) in [6.45, 7) is 5.79. The van der Waals surface area contributed by atoms with Crippen LogP contribution in [-0.2, 0) is 34.4 Å². The zero-order valence-corrected chi connectivity index (χ0v) is 13.8. The highest BCUT2D eigenvalue weighted by atomic mass is 32.5. The maximum atomic E-state index is 11.7. The Balaban J connectivity index is 4.93. The zero-order chi connectivity index (χ0) is 14.8. The smallest absolute Gasteiger partial charge is 0.302 e. The van der Waals surface area contributed by atoms with Crippen molar-refractivity contribution in [2.75, 3.05) is 0 Å². The molecule has 2 atom stereocenters. The Morgan fingerprint density at radius 1 is 1.00 bits per heavy atom. The molecule has 0 saturated heterocycles. The SMILES string of the molecule is CC(C)(C)OP(=O)(O)OP(=S)(OO)OC(C)(C)C. The third-order valence-electron chi connectivity index (χ3n) is 1.08. The molecule has 0 aromatic heterocycles. The largest absolute Gasteiger partial charge is 0.480 e. The van der Waals surface area contributed by atoms with Crippen molar-refractivity contribution in [3.05, 3.63) is 0 Å². The van der Waals surface area contributed by atoms with Gasteiger partial charge in [0.2, 0.25) is 0 Å². The van der Waals surface area contributed by atoms with Crippen molar-refractivity contribution in [1.29, 1.82) is 0 Å². The normalized spacial score (nSPS) is 20.2. The molecule has 0 bridgehead atoms. The lowest BCUT2D eigenvalue weighted by atomic mass is 10.2. The monoisotopic (exact) mass is 322 g/mol. The first-order valence-corrected chi connectivity index (χ1v) is 9.12. The Morgan fingerprint density at radius 3 is 1.67 bits per heavy atom. The van der Waals surface area contributed by atoms with Crippen LogP contribution in [0.2, 0.25) is 0 Å². The lowest BCUT2D eigenvalue weighted by molar-refractivity contribution is -0.156. The fraction of sp³-hybridized carbons (Fsp3) is 1.00. The van der Waals surface area contributed by atoms with E-state index in [0.717, 1.165) is 0 Å². The van der Waals surface area contributed by atoms with Crippen LogP contribution in [0.3, 0.4) is 0 Å². The summed E-state index contributed by atoms with van der Waals surface area (Å²) in [5.74, 6) is 0. The molecule has 18 heavy (non-hydrogen) atoms. The Morgan fingerprint density at radius 2 is 1.39 bits per heavy atom. The van der Waals surface area contributed by atoms with Crippen LogP contribution in [-0.4, -0.2) is 21.4 Å². The molecule has 0 aliphatic heterocycles. The summed E-state index contributed by atoms with van der Waals surface area (Å²) in [6.07, 6.45) is 0. The first-order chi connectivity index (χ1) is 7.68. The highest BCUT2D eigenvalue weighted by Crippen LogP contribution is 2.65. The number of phosphoric ester groups is 1. The summed E-state index contributed by atoms with van der Waals surface area (Å²) in [5, 5.41) is 8.72. The van der Waals surface area contributed by atoms with Crippen molar-refractivity contribution in [3.8, 4) is 0 Å². The molecule has 0 radical (unpaired) electrons. The second-order valence-electron chi connectivity index (χ2n) is 5.49. The van der Waals surface area contributed by atoms with Crippen LogP contribution in [0.15, 0.2) is 0 Å². The van der Waals surface area contributed by atoms with E-state index in [4.69, 9.17) is 26.1 Å². The zero-order valence-electron chi connectivity index (χ0n) is 11.2. The lowest BCUT2D eigenvalue weighted by Gasteiger charge is -2.29. The molecule has 0 aliphatic carbocycles. The molecule has 0 saturated carbocycles. The molecule has 0 aromatic rings. The van der Waals surface area contributed by atoms with Crippen molar-refractivity contribution in [3.63, 3.8) is 0 Å². The number of rotatable bonds is 5. The molecule has 0 spiro atoms. The van der Waals surface area contributed by atoms with E-state index < -0.39 is 25.7 Å². The summed E-state index contributed by atoms with van der Waals surface area (Å²) in [5.41, 5.74) is -1.75. The molecule has 0 amide bonds. The highest BCUT2D eigenvalue weighted by molar-refractivity contribution is 8.08. The molecule has 10 heteroatoms. The van der Waals surface area contributed by atoms with E-state index in [1.54, 1.807) is 41.5 Å². The van der Waals surface area contributed by atoms with Crippen molar-refractivity contribution in [1.82, 2.24) is 0 Å². The highest BCUT2D eigenvalue weighted by Gasteiger charge is 2.40. The minimum Gasteiger partial charge on any atom is -0.302 e. The standard InChI is InChI=1S/C8H20O7P2S/c1-7(2,3)12-16(10,11)15-17(18,14-9)13-8(4,5)6/h9H,1-6H3,(H,10,11). The van der Waals surface area contributed by atoms with Gasteiger partial charge in [-0.2, -0.15) is 4.67 Å². The maximum Gasteiger partial charge on any atom is 0.480 e. The van der Waals surface area contributed by atoms with Crippen LogP contribution < -0.4 is 0 Å². The molecule has 7 nitrogen and oxygen atoms in total. The lowest BCUT2D eigenvalue weighted by Crippen LogP contribution is -2.20. The first kappa shape index (κ1) is 18.6. The number of hydrogen-bond acceptors (Lipinski definition) is 7. The van der Waals surface area contributed by atoms with Gasteiger partial charge in [0.1, 0.15) is 0 Å². The maximum absolute atomic E-state index is 11.7. The van der Waals surface area contributed by atoms with Gasteiger partial charge < -0.3 is 9.42 Å².